The number of aromatic nitrogens is 1. The Balaban J connectivity index is 2.04. The highest BCUT2D eigenvalue weighted by Crippen LogP contribution is 2.20. The second-order valence-corrected chi connectivity index (χ2v) is 4.92. The minimum Gasteiger partial charge on any atom is -0.396 e. The van der Waals surface area contributed by atoms with Gasteiger partial charge in [-0.25, -0.2) is 4.98 Å². The van der Waals surface area contributed by atoms with Crippen molar-refractivity contribution in [2.24, 2.45) is 0 Å². The maximum atomic E-state index is 5.79. The molecule has 2 aromatic rings. The summed E-state index contributed by atoms with van der Waals surface area (Å²) in [5.74, 6) is 0.650. The molecule has 5 heteroatoms. The molecule has 3 N–H and O–H groups in total. The maximum Gasteiger partial charge on any atom is 0.149 e. The molecule has 0 saturated heterocycles. The molecular weight excluding hydrogens is 302 g/mol. The highest BCUT2D eigenvalue weighted by atomic mass is 79.9. The summed E-state index contributed by atoms with van der Waals surface area (Å²) >= 11 is 9.17. The van der Waals surface area contributed by atoms with E-state index >= 15 is 0 Å². The summed E-state index contributed by atoms with van der Waals surface area (Å²) in [4.78, 5) is 4.13. The lowest BCUT2D eigenvalue weighted by molar-refractivity contribution is 1.11. The molecular formula is C12H11BrClN3. The number of nitrogens with two attached hydrogens (primary N) is 1. The van der Waals surface area contributed by atoms with Crippen molar-refractivity contribution in [3.8, 4) is 0 Å². The third-order valence-corrected chi connectivity index (χ3v) is 2.99. The van der Waals surface area contributed by atoms with E-state index in [0.29, 0.717) is 23.1 Å². The van der Waals surface area contributed by atoms with Gasteiger partial charge in [0, 0.05) is 17.2 Å². The van der Waals surface area contributed by atoms with Crippen LogP contribution in [0.2, 0.25) is 5.02 Å². The number of anilines is 2. The Bertz CT molecular complexity index is 514. The molecule has 0 amide bonds. The molecule has 0 aliphatic heterocycles. The van der Waals surface area contributed by atoms with Crippen molar-refractivity contribution >= 4 is 39.0 Å². The van der Waals surface area contributed by atoms with Crippen LogP contribution in [0.5, 0.6) is 0 Å². The SMILES string of the molecule is Nc1cc(Cl)cnc1NCc1ccc(Br)cc1. The molecule has 0 spiro atoms. The number of nitrogen functional groups attached to an aromatic ring is 1. The summed E-state index contributed by atoms with van der Waals surface area (Å²) in [6.07, 6.45) is 1.57. The fourth-order valence-electron chi connectivity index (χ4n) is 1.39. The zero-order chi connectivity index (χ0) is 12.3. The van der Waals surface area contributed by atoms with Crippen LogP contribution in [0.15, 0.2) is 41.0 Å². The number of pyridine rings is 1. The first kappa shape index (κ1) is 12.2. The molecule has 1 heterocycles. The van der Waals surface area contributed by atoms with E-state index in [1.165, 1.54) is 0 Å². The normalized spacial score (nSPS) is 10.2. The lowest BCUT2D eigenvalue weighted by Crippen LogP contribution is -2.04. The molecule has 0 aliphatic rings. The third kappa shape index (κ3) is 3.35. The predicted molar refractivity (Wildman–Crippen MR) is 75.1 cm³/mol. The van der Waals surface area contributed by atoms with Crippen LogP contribution in [0, 0.1) is 0 Å². The summed E-state index contributed by atoms with van der Waals surface area (Å²) in [6.45, 7) is 0.673. The van der Waals surface area contributed by atoms with Gasteiger partial charge in [-0.05, 0) is 23.8 Å². The van der Waals surface area contributed by atoms with Crippen LogP contribution in [0.1, 0.15) is 5.56 Å². The van der Waals surface area contributed by atoms with Crippen molar-refractivity contribution in [2.75, 3.05) is 11.1 Å². The summed E-state index contributed by atoms with van der Waals surface area (Å²) in [5.41, 5.74) is 7.50. The van der Waals surface area contributed by atoms with Gasteiger partial charge >= 0.3 is 0 Å². The molecule has 0 fully saturated rings. The summed E-state index contributed by atoms with van der Waals surface area (Å²) in [5, 5.41) is 3.70. The smallest absolute Gasteiger partial charge is 0.149 e. The van der Waals surface area contributed by atoms with Crippen LogP contribution < -0.4 is 11.1 Å². The van der Waals surface area contributed by atoms with E-state index < -0.39 is 0 Å². The Morgan fingerprint density at radius 2 is 2.00 bits per heavy atom. The molecule has 1 aromatic carbocycles. The first-order valence-electron chi connectivity index (χ1n) is 5.04. The Morgan fingerprint density at radius 3 is 2.65 bits per heavy atom. The number of halogens is 2. The van der Waals surface area contributed by atoms with E-state index in [9.17, 15) is 0 Å². The Morgan fingerprint density at radius 1 is 1.29 bits per heavy atom. The molecule has 0 radical (unpaired) electrons. The van der Waals surface area contributed by atoms with Crippen molar-refractivity contribution in [1.82, 2.24) is 4.98 Å². The first-order chi connectivity index (χ1) is 8.15. The zero-order valence-corrected chi connectivity index (χ0v) is 11.3. The molecule has 1 aromatic heterocycles. The van der Waals surface area contributed by atoms with Crippen molar-refractivity contribution in [2.45, 2.75) is 6.54 Å². The van der Waals surface area contributed by atoms with Crippen LogP contribution in [0.25, 0.3) is 0 Å². The van der Waals surface area contributed by atoms with Crippen LogP contribution in [0.4, 0.5) is 11.5 Å². The van der Waals surface area contributed by atoms with Gasteiger partial charge in [0.25, 0.3) is 0 Å². The monoisotopic (exact) mass is 311 g/mol. The van der Waals surface area contributed by atoms with E-state index in [4.69, 9.17) is 17.3 Å². The highest BCUT2D eigenvalue weighted by Gasteiger charge is 2.01. The molecule has 3 nitrogen and oxygen atoms in total. The summed E-state index contributed by atoms with van der Waals surface area (Å²) < 4.78 is 1.06. The second kappa shape index (κ2) is 5.38. The molecule has 17 heavy (non-hydrogen) atoms. The number of hydrogen-bond donors (Lipinski definition) is 2. The van der Waals surface area contributed by atoms with Gasteiger partial charge in [-0.1, -0.05) is 39.7 Å². The lowest BCUT2D eigenvalue weighted by atomic mass is 10.2. The molecule has 0 aliphatic carbocycles. The molecule has 0 saturated carbocycles. The van der Waals surface area contributed by atoms with Gasteiger partial charge in [-0.15, -0.1) is 0 Å². The van der Waals surface area contributed by atoms with Crippen LogP contribution in [0.3, 0.4) is 0 Å². The lowest BCUT2D eigenvalue weighted by Gasteiger charge is -2.08. The van der Waals surface area contributed by atoms with E-state index in [0.717, 1.165) is 10.0 Å². The number of rotatable bonds is 3. The summed E-state index contributed by atoms with van der Waals surface area (Å²) in [7, 11) is 0. The second-order valence-electron chi connectivity index (χ2n) is 3.57. The van der Waals surface area contributed by atoms with Crippen LogP contribution in [-0.4, -0.2) is 4.98 Å². The van der Waals surface area contributed by atoms with Crippen molar-refractivity contribution in [3.05, 3.63) is 51.6 Å². The van der Waals surface area contributed by atoms with Gasteiger partial charge in [0.1, 0.15) is 5.82 Å². The fraction of sp³-hybridized carbons (Fsp3) is 0.0833. The third-order valence-electron chi connectivity index (χ3n) is 2.26. The van der Waals surface area contributed by atoms with Gasteiger partial charge in [0.15, 0.2) is 0 Å². The Labute approximate surface area is 113 Å². The molecule has 0 bridgehead atoms. The molecule has 2 rings (SSSR count). The van der Waals surface area contributed by atoms with Crippen LogP contribution >= 0.6 is 27.5 Å². The minimum absolute atomic E-state index is 0.539. The number of nitrogens with one attached hydrogen (secondary N) is 1. The number of hydrogen-bond acceptors (Lipinski definition) is 3. The average molecular weight is 313 g/mol. The largest absolute Gasteiger partial charge is 0.396 e. The zero-order valence-electron chi connectivity index (χ0n) is 8.95. The average Bonchev–Trinajstić information content (AvgIpc) is 2.30. The van der Waals surface area contributed by atoms with Crippen molar-refractivity contribution in [3.63, 3.8) is 0 Å². The molecule has 88 valence electrons. The summed E-state index contributed by atoms with van der Waals surface area (Å²) in [6, 6.07) is 9.73. The molecule has 0 atom stereocenters. The van der Waals surface area contributed by atoms with Crippen molar-refractivity contribution in [1.29, 1.82) is 0 Å². The van der Waals surface area contributed by atoms with Gasteiger partial charge in [-0.2, -0.15) is 0 Å². The van der Waals surface area contributed by atoms with E-state index in [-0.39, 0.29) is 0 Å². The topological polar surface area (TPSA) is 50.9 Å². The van der Waals surface area contributed by atoms with E-state index in [2.05, 4.69) is 26.2 Å². The van der Waals surface area contributed by atoms with Gasteiger partial charge in [0.05, 0.1) is 10.7 Å². The van der Waals surface area contributed by atoms with Crippen molar-refractivity contribution < 1.29 is 0 Å². The highest BCUT2D eigenvalue weighted by molar-refractivity contribution is 9.10. The standard InChI is InChI=1S/C12H11BrClN3/c13-9-3-1-8(2-4-9)6-16-12-11(15)5-10(14)7-17-12/h1-5,7H,6,15H2,(H,16,17). The minimum atomic E-state index is 0.539. The first-order valence-corrected chi connectivity index (χ1v) is 6.21. The quantitative estimate of drug-likeness (QED) is 0.908. The molecule has 0 unspecified atom stereocenters. The number of nitrogens with zero attached hydrogens (tertiary/aromatic N) is 1. The van der Waals surface area contributed by atoms with Crippen LogP contribution in [-0.2, 0) is 6.54 Å². The predicted octanol–water partition coefficient (Wildman–Crippen LogP) is 3.69. The van der Waals surface area contributed by atoms with Gasteiger partial charge in [0.2, 0.25) is 0 Å². The van der Waals surface area contributed by atoms with E-state index in [1.54, 1.807) is 12.3 Å². The Kier molecular flexibility index (Phi) is 3.86. The van der Waals surface area contributed by atoms with Gasteiger partial charge < -0.3 is 11.1 Å². The van der Waals surface area contributed by atoms with Gasteiger partial charge in [-0.3, -0.25) is 0 Å². The van der Waals surface area contributed by atoms with E-state index in [1.807, 2.05) is 24.3 Å². The maximum absolute atomic E-state index is 5.79. The fourth-order valence-corrected chi connectivity index (χ4v) is 1.82. The number of benzene rings is 1. The Hall–Kier alpha value is -1.26.